The Morgan fingerprint density at radius 3 is 2.62 bits per heavy atom. The van der Waals surface area contributed by atoms with Crippen LogP contribution in [-0.4, -0.2) is 54.0 Å². The van der Waals surface area contributed by atoms with Gasteiger partial charge in [0.15, 0.2) is 0 Å². The van der Waals surface area contributed by atoms with E-state index >= 15 is 0 Å². The van der Waals surface area contributed by atoms with Crippen molar-refractivity contribution in [2.45, 2.75) is 44.2 Å². The van der Waals surface area contributed by atoms with Gasteiger partial charge in [-0.1, -0.05) is 6.92 Å². The largest absolute Gasteiger partial charge is 0.329 e. The number of nitrogens with zero attached hydrogens (tertiary/aromatic N) is 3. The molecule has 1 aromatic rings. The van der Waals surface area contributed by atoms with Gasteiger partial charge in [-0.25, -0.2) is 9.78 Å². The van der Waals surface area contributed by atoms with Crippen molar-refractivity contribution in [1.82, 2.24) is 20.1 Å². The first-order valence-electron chi connectivity index (χ1n) is 7.57. The zero-order valence-electron chi connectivity index (χ0n) is 13.4. The maximum absolute atomic E-state index is 12.4. The van der Waals surface area contributed by atoms with Crippen LogP contribution in [0.2, 0.25) is 0 Å². The topological polar surface area (TPSA) is 48.5 Å². The van der Waals surface area contributed by atoms with E-state index in [1.807, 2.05) is 17.3 Å². The lowest BCUT2D eigenvalue weighted by molar-refractivity contribution is 0.0360. The van der Waals surface area contributed by atoms with Crippen LogP contribution in [0.3, 0.4) is 0 Å². The summed E-state index contributed by atoms with van der Waals surface area (Å²) in [6.07, 6.45) is 6.23. The SMILES string of the molecule is CC[C@@H](NC(=O)N(C)CC1(N(C)C)CCC1)c1nccs1. The molecule has 0 radical (unpaired) electrons. The van der Waals surface area contributed by atoms with Gasteiger partial charge in [-0.15, -0.1) is 11.3 Å². The van der Waals surface area contributed by atoms with Gasteiger partial charge in [0.05, 0.1) is 6.04 Å². The number of carbonyl (C=O) groups excluding carboxylic acids is 1. The summed E-state index contributed by atoms with van der Waals surface area (Å²) >= 11 is 1.59. The van der Waals surface area contributed by atoms with E-state index in [4.69, 9.17) is 0 Å². The second-order valence-electron chi connectivity index (χ2n) is 6.11. The highest BCUT2D eigenvalue weighted by molar-refractivity contribution is 7.09. The molecule has 1 fully saturated rings. The molecule has 1 saturated carbocycles. The summed E-state index contributed by atoms with van der Waals surface area (Å²) < 4.78 is 0. The van der Waals surface area contributed by atoms with E-state index in [9.17, 15) is 4.79 Å². The highest BCUT2D eigenvalue weighted by atomic mass is 32.1. The molecule has 0 saturated heterocycles. The molecule has 0 spiro atoms. The fraction of sp³-hybridized carbons (Fsp3) is 0.733. The van der Waals surface area contributed by atoms with Crippen LogP contribution in [-0.2, 0) is 0 Å². The number of amides is 2. The van der Waals surface area contributed by atoms with Gasteiger partial charge < -0.3 is 15.1 Å². The van der Waals surface area contributed by atoms with Crippen molar-refractivity contribution in [3.8, 4) is 0 Å². The summed E-state index contributed by atoms with van der Waals surface area (Å²) in [7, 11) is 6.10. The molecule has 118 valence electrons. The number of aromatic nitrogens is 1. The molecule has 1 atom stereocenters. The van der Waals surface area contributed by atoms with E-state index in [1.54, 1.807) is 17.5 Å². The Hall–Kier alpha value is -1.14. The Morgan fingerprint density at radius 2 is 2.19 bits per heavy atom. The molecular formula is C15H26N4OS. The highest BCUT2D eigenvalue weighted by Crippen LogP contribution is 2.36. The maximum atomic E-state index is 12.4. The van der Waals surface area contributed by atoms with E-state index in [2.05, 4.69) is 36.2 Å². The lowest BCUT2D eigenvalue weighted by atomic mass is 9.75. The fourth-order valence-electron chi connectivity index (χ4n) is 2.85. The lowest BCUT2D eigenvalue weighted by Gasteiger charge is -2.49. The van der Waals surface area contributed by atoms with Crippen molar-refractivity contribution in [1.29, 1.82) is 0 Å². The highest BCUT2D eigenvalue weighted by Gasteiger charge is 2.40. The van der Waals surface area contributed by atoms with Crippen LogP contribution >= 0.6 is 11.3 Å². The minimum Gasteiger partial charge on any atom is -0.329 e. The molecule has 6 heteroatoms. The molecular weight excluding hydrogens is 284 g/mol. The third-order valence-electron chi connectivity index (χ3n) is 4.57. The molecule has 1 aliphatic rings. The van der Waals surface area contributed by atoms with Crippen LogP contribution in [0.5, 0.6) is 0 Å². The van der Waals surface area contributed by atoms with Gasteiger partial charge >= 0.3 is 6.03 Å². The van der Waals surface area contributed by atoms with Gasteiger partial charge in [-0.2, -0.15) is 0 Å². The summed E-state index contributed by atoms with van der Waals surface area (Å²) in [6, 6.07) is 0.00169. The summed E-state index contributed by atoms with van der Waals surface area (Å²) in [4.78, 5) is 20.8. The summed E-state index contributed by atoms with van der Waals surface area (Å²) in [5.41, 5.74) is 0.162. The van der Waals surface area contributed by atoms with Crippen molar-refractivity contribution in [3.05, 3.63) is 16.6 Å². The van der Waals surface area contributed by atoms with Crippen LogP contribution in [0.1, 0.15) is 43.7 Å². The minimum absolute atomic E-state index is 0.00910. The van der Waals surface area contributed by atoms with Crippen molar-refractivity contribution >= 4 is 17.4 Å². The van der Waals surface area contributed by atoms with E-state index < -0.39 is 0 Å². The Bertz CT molecular complexity index is 456. The van der Waals surface area contributed by atoms with Crippen molar-refractivity contribution in [3.63, 3.8) is 0 Å². The summed E-state index contributed by atoms with van der Waals surface area (Å²) in [5, 5.41) is 6.02. The van der Waals surface area contributed by atoms with Crippen LogP contribution in [0, 0.1) is 0 Å². The maximum Gasteiger partial charge on any atom is 0.317 e. The molecule has 0 aromatic carbocycles. The number of rotatable bonds is 6. The quantitative estimate of drug-likeness (QED) is 0.879. The van der Waals surface area contributed by atoms with Crippen LogP contribution in [0.15, 0.2) is 11.6 Å². The first-order valence-corrected chi connectivity index (χ1v) is 8.45. The molecule has 1 aromatic heterocycles. The van der Waals surface area contributed by atoms with Gasteiger partial charge in [0.25, 0.3) is 0 Å². The second kappa shape index (κ2) is 6.75. The molecule has 0 unspecified atom stereocenters. The Kier molecular flexibility index (Phi) is 5.22. The zero-order chi connectivity index (χ0) is 15.5. The monoisotopic (exact) mass is 310 g/mol. The number of hydrogen-bond donors (Lipinski definition) is 1. The van der Waals surface area contributed by atoms with E-state index in [1.165, 1.54) is 19.3 Å². The van der Waals surface area contributed by atoms with Crippen LogP contribution in [0.4, 0.5) is 4.79 Å². The first kappa shape index (κ1) is 16.2. The fourth-order valence-corrected chi connectivity index (χ4v) is 3.62. The molecule has 21 heavy (non-hydrogen) atoms. The molecule has 2 rings (SSSR count). The number of carbonyl (C=O) groups is 1. The molecule has 0 bridgehead atoms. The van der Waals surface area contributed by atoms with Gasteiger partial charge in [-0.3, -0.25) is 0 Å². The number of thiazole rings is 1. The first-order chi connectivity index (χ1) is 9.98. The van der Waals surface area contributed by atoms with Crippen LogP contribution < -0.4 is 5.32 Å². The van der Waals surface area contributed by atoms with Gasteiger partial charge in [0.2, 0.25) is 0 Å². The Labute approximate surface area is 131 Å². The van der Waals surface area contributed by atoms with Crippen molar-refractivity contribution in [2.75, 3.05) is 27.7 Å². The van der Waals surface area contributed by atoms with Gasteiger partial charge in [0, 0.05) is 30.7 Å². The molecule has 5 nitrogen and oxygen atoms in total. The van der Waals surface area contributed by atoms with Gasteiger partial charge in [0.1, 0.15) is 5.01 Å². The minimum atomic E-state index is -0.00910. The standard InChI is InChI=1S/C15H26N4OS/c1-5-12(13-16-9-10-21-13)17-14(20)19(4)11-15(18(2)3)7-6-8-15/h9-10,12H,5-8,11H2,1-4H3,(H,17,20)/t12-/m1/s1. The van der Waals surface area contributed by atoms with E-state index in [0.717, 1.165) is 18.0 Å². The predicted octanol–water partition coefficient (Wildman–Crippen LogP) is 2.72. The zero-order valence-corrected chi connectivity index (χ0v) is 14.2. The number of nitrogens with one attached hydrogen (secondary N) is 1. The van der Waals surface area contributed by atoms with E-state index in [0.29, 0.717) is 0 Å². The molecule has 1 N–H and O–H groups in total. The molecule has 2 amide bonds. The Morgan fingerprint density at radius 1 is 1.48 bits per heavy atom. The predicted molar refractivity (Wildman–Crippen MR) is 86.6 cm³/mol. The molecule has 1 heterocycles. The number of urea groups is 1. The van der Waals surface area contributed by atoms with Crippen LogP contribution in [0.25, 0.3) is 0 Å². The lowest BCUT2D eigenvalue weighted by Crippen LogP contribution is -2.58. The number of hydrogen-bond acceptors (Lipinski definition) is 4. The average molecular weight is 310 g/mol. The molecule has 0 aliphatic heterocycles. The van der Waals surface area contributed by atoms with Crippen molar-refractivity contribution < 1.29 is 4.79 Å². The third kappa shape index (κ3) is 3.55. The smallest absolute Gasteiger partial charge is 0.317 e. The third-order valence-corrected chi connectivity index (χ3v) is 5.46. The summed E-state index contributed by atoms with van der Waals surface area (Å²) in [6.45, 7) is 2.85. The van der Waals surface area contributed by atoms with Gasteiger partial charge in [-0.05, 0) is 39.8 Å². The molecule has 1 aliphatic carbocycles. The number of likely N-dealkylation sites (N-methyl/N-ethyl adjacent to an activating group) is 2. The van der Waals surface area contributed by atoms with E-state index in [-0.39, 0.29) is 17.6 Å². The second-order valence-corrected chi connectivity index (χ2v) is 7.04. The normalized spacial score (nSPS) is 18.1. The Balaban J connectivity index is 1.93. The van der Waals surface area contributed by atoms with Crippen molar-refractivity contribution in [2.24, 2.45) is 0 Å². The average Bonchev–Trinajstić information content (AvgIpc) is 2.92. The summed E-state index contributed by atoms with van der Waals surface area (Å²) in [5.74, 6) is 0.